The predicted molar refractivity (Wildman–Crippen MR) is 92.6 cm³/mol. The Balaban J connectivity index is 1.46. The lowest BCUT2D eigenvalue weighted by molar-refractivity contribution is 0.0946. The molecule has 6 nitrogen and oxygen atoms in total. The monoisotopic (exact) mass is 327 g/mol. The highest BCUT2D eigenvalue weighted by atomic mass is 16.1. The van der Waals surface area contributed by atoms with Gasteiger partial charge >= 0.3 is 0 Å². The lowest BCUT2D eigenvalue weighted by Crippen LogP contribution is -2.31. The third kappa shape index (κ3) is 4.00. The number of likely N-dealkylation sites (tertiary alicyclic amines) is 1. The topological polar surface area (TPSA) is 63.0 Å². The summed E-state index contributed by atoms with van der Waals surface area (Å²) in [6.45, 7) is 8.68. The van der Waals surface area contributed by atoms with Gasteiger partial charge in [-0.3, -0.25) is 19.4 Å². The van der Waals surface area contributed by atoms with Gasteiger partial charge in [-0.1, -0.05) is 0 Å². The first kappa shape index (κ1) is 16.6. The van der Waals surface area contributed by atoms with Crippen LogP contribution in [0.2, 0.25) is 0 Å². The van der Waals surface area contributed by atoms with Gasteiger partial charge in [0, 0.05) is 50.3 Å². The number of hydrogen-bond acceptors (Lipinski definition) is 4. The highest BCUT2D eigenvalue weighted by Crippen LogP contribution is 2.18. The summed E-state index contributed by atoms with van der Waals surface area (Å²) in [5.74, 6) is 0.482. The van der Waals surface area contributed by atoms with E-state index in [-0.39, 0.29) is 5.91 Å². The summed E-state index contributed by atoms with van der Waals surface area (Å²) in [7, 11) is 0. The molecule has 1 atom stereocenters. The molecule has 0 aromatic carbocycles. The molecule has 0 aliphatic carbocycles. The van der Waals surface area contributed by atoms with E-state index in [0.717, 1.165) is 44.7 Å². The number of rotatable bonds is 6. The molecular weight excluding hydrogens is 302 g/mol. The van der Waals surface area contributed by atoms with E-state index in [2.05, 4.69) is 33.4 Å². The van der Waals surface area contributed by atoms with Crippen LogP contribution in [0.4, 0.5) is 0 Å². The van der Waals surface area contributed by atoms with E-state index in [1.807, 2.05) is 23.9 Å². The van der Waals surface area contributed by atoms with Crippen LogP contribution in [0.15, 0.2) is 30.9 Å². The highest BCUT2D eigenvalue weighted by molar-refractivity contribution is 5.95. The van der Waals surface area contributed by atoms with Gasteiger partial charge < -0.3 is 5.32 Å². The van der Waals surface area contributed by atoms with Crippen LogP contribution in [0, 0.1) is 12.8 Å². The van der Waals surface area contributed by atoms with Crippen molar-refractivity contribution in [3.05, 3.63) is 47.5 Å². The van der Waals surface area contributed by atoms with Crippen molar-refractivity contribution in [2.24, 2.45) is 5.92 Å². The zero-order chi connectivity index (χ0) is 16.9. The van der Waals surface area contributed by atoms with Crippen LogP contribution in [0.5, 0.6) is 0 Å². The summed E-state index contributed by atoms with van der Waals surface area (Å²) in [6.07, 6.45) is 8.52. The minimum atomic E-state index is -0.0247. The lowest BCUT2D eigenvalue weighted by atomic mass is 10.1. The van der Waals surface area contributed by atoms with Crippen LogP contribution in [-0.2, 0) is 13.1 Å². The molecule has 2 aromatic heterocycles. The molecule has 24 heavy (non-hydrogen) atoms. The number of aromatic nitrogens is 3. The van der Waals surface area contributed by atoms with Gasteiger partial charge in [0.1, 0.15) is 0 Å². The maximum Gasteiger partial charge on any atom is 0.253 e. The molecule has 3 rings (SSSR count). The van der Waals surface area contributed by atoms with Crippen molar-refractivity contribution in [2.75, 3.05) is 19.6 Å². The molecule has 1 amide bonds. The summed E-state index contributed by atoms with van der Waals surface area (Å²) in [5, 5.41) is 7.38. The number of carbonyl (C=O) groups is 1. The Morgan fingerprint density at radius 1 is 1.42 bits per heavy atom. The number of nitrogens with zero attached hydrogens (tertiary/aromatic N) is 4. The van der Waals surface area contributed by atoms with E-state index in [4.69, 9.17) is 0 Å². The lowest BCUT2D eigenvalue weighted by Gasteiger charge is -2.15. The van der Waals surface area contributed by atoms with Crippen LogP contribution < -0.4 is 5.32 Å². The van der Waals surface area contributed by atoms with Crippen LogP contribution in [-0.4, -0.2) is 45.2 Å². The van der Waals surface area contributed by atoms with Gasteiger partial charge in [-0.2, -0.15) is 5.10 Å². The fraction of sp³-hybridized carbons (Fsp3) is 0.500. The Morgan fingerprint density at radius 3 is 3.04 bits per heavy atom. The SMILES string of the molecule is CCn1cc(CN2CC[C@@H](CNC(=O)c3cnccc3C)C2)cn1. The molecule has 3 heterocycles. The summed E-state index contributed by atoms with van der Waals surface area (Å²) in [5.41, 5.74) is 2.88. The number of aryl methyl sites for hydroxylation is 2. The molecule has 2 aromatic rings. The number of nitrogens with one attached hydrogen (secondary N) is 1. The van der Waals surface area contributed by atoms with Crippen molar-refractivity contribution < 1.29 is 4.79 Å². The summed E-state index contributed by atoms with van der Waals surface area (Å²) in [4.78, 5) is 18.7. The van der Waals surface area contributed by atoms with Crippen LogP contribution >= 0.6 is 0 Å². The first-order chi connectivity index (χ1) is 11.7. The molecule has 1 saturated heterocycles. The number of hydrogen-bond donors (Lipinski definition) is 1. The second-order valence-electron chi connectivity index (χ2n) is 6.49. The third-order valence-corrected chi connectivity index (χ3v) is 4.62. The second kappa shape index (κ2) is 7.57. The van der Waals surface area contributed by atoms with Crippen molar-refractivity contribution >= 4 is 5.91 Å². The zero-order valence-electron chi connectivity index (χ0n) is 14.4. The van der Waals surface area contributed by atoms with Crippen LogP contribution in [0.1, 0.15) is 34.8 Å². The highest BCUT2D eigenvalue weighted by Gasteiger charge is 2.23. The van der Waals surface area contributed by atoms with Gasteiger partial charge in [0.2, 0.25) is 0 Å². The molecule has 128 valence electrons. The quantitative estimate of drug-likeness (QED) is 0.880. The van der Waals surface area contributed by atoms with E-state index in [1.54, 1.807) is 12.4 Å². The van der Waals surface area contributed by atoms with Gasteiger partial charge in [-0.25, -0.2) is 0 Å². The molecule has 0 radical (unpaired) electrons. The molecule has 0 bridgehead atoms. The molecule has 0 saturated carbocycles. The van der Waals surface area contributed by atoms with E-state index in [9.17, 15) is 4.79 Å². The molecular formula is C18H25N5O. The van der Waals surface area contributed by atoms with E-state index >= 15 is 0 Å². The van der Waals surface area contributed by atoms with Crippen molar-refractivity contribution in [2.45, 2.75) is 33.4 Å². The molecule has 0 unspecified atom stereocenters. The molecule has 0 spiro atoms. The Bertz CT molecular complexity index is 696. The second-order valence-corrected chi connectivity index (χ2v) is 6.49. The first-order valence-electron chi connectivity index (χ1n) is 8.58. The van der Waals surface area contributed by atoms with Crippen LogP contribution in [0.25, 0.3) is 0 Å². The summed E-state index contributed by atoms with van der Waals surface area (Å²) in [6, 6.07) is 1.86. The van der Waals surface area contributed by atoms with Crippen molar-refractivity contribution in [1.29, 1.82) is 0 Å². The zero-order valence-corrected chi connectivity index (χ0v) is 14.4. The maximum absolute atomic E-state index is 12.3. The Labute approximate surface area is 142 Å². The van der Waals surface area contributed by atoms with Gasteiger partial charge in [0.15, 0.2) is 0 Å². The minimum Gasteiger partial charge on any atom is -0.352 e. The minimum absolute atomic E-state index is 0.0247. The smallest absolute Gasteiger partial charge is 0.253 e. The standard InChI is InChI=1S/C18H25N5O/c1-3-23-13-16(9-21-23)12-22-7-5-15(11-22)8-20-18(24)17-10-19-6-4-14(17)2/h4,6,9-10,13,15H,3,5,7-8,11-12H2,1-2H3,(H,20,24)/t15-/m0/s1. The Kier molecular flexibility index (Phi) is 5.25. The fourth-order valence-corrected chi connectivity index (χ4v) is 3.18. The van der Waals surface area contributed by atoms with Gasteiger partial charge in [0.25, 0.3) is 5.91 Å². The number of amides is 1. The van der Waals surface area contributed by atoms with E-state index in [0.29, 0.717) is 11.5 Å². The maximum atomic E-state index is 12.3. The summed E-state index contributed by atoms with van der Waals surface area (Å²) >= 11 is 0. The predicted octanol–water partition coefficient (Wildman–Crippen LogP) is 1.86. The third-order valence-electron chi connectivity index (χ3n) is 4.62. The fourth-order valence-electron chi connectivity index (χ4n) is 3.18. The summed E-state index contributed by atoms with van der Waals surface area (Å²) < 4.78 is 1.96. The normalized spacial score (nSPS) is 18.0. The van der Waals surface area contributed by atoms with Gasteiger partial charge in [-0.05, 0) is 44.4 Å². The van der Waals surface area contributed by atoms with Gasteiger partial charge in [0.05, 0.1) is 11.8 Å². The number of carbonyl (C=O) groups excluding carboxylic acids is 1. The van der Waals surface area contributed by atoms with Crippen molar-refractivity contribution in [1.82, 2.24) is 25.0 Å². The van der Waals surface area contributed by atoms with Gasteiger partial charge in [-0.15, -0.1) is 0 Å². The van der Waals surface area contributed by atoms with E-state index < -0.39 is 0 Å². The average Bonchev–Trinajstić information content (AvgIpc) is 3.22. The van der Waals surface area contributed by atoms with Crippen molar-refractivity contribution in [3.8, 4) is 0 Å². The Hall–Kier alpha value is -2.21. The molecule has 1 N–H and O–H groups in total. The molecule has 1 aliphatic rings. The van der Waals surface area contributed by atoms with Crippen molar-refractivity contribution in [3.63, 3.8) is 0 Å². The largest absolute Gasteiger partial charge is 0.352 e. The molecule has 1 fully saturated rings. The number of pyridine rings is 1. The molecule has 6 heteroatoms. The van der Waals surface area contributed by atoms with Crippen LogP contribution in [0.3, 0.4) is 0 Å². The molecule has 1 aliphatic heterocycles. The Morgan fingerprint density at radius 2 is 2.29 bits per heavy atom. The average molecular weight is 327 g/mol. The first-order valence-corrected chi connectivity index (χ1v) is 8.58. The van der Waals surface area contributed by atoms with E-state index in [1.165, 1.54) is 5.56 Å².